The van der Waals surface area contributed by atoms with Gasteiger partial charge in [-0.3, -0.25) is 4.90 Å². The number of aliphatic hydroxyl groups excluding tert-OH is 1. The Morgan fingerprint density at radius 2 is 2.17 bits per heavy atom. The summed E-state index contributed by atoms with van der Waals surface area (Å²) in [5.74, 6) is 0.932. The molecule has 1 heterocycles. The molecular weight excluding hydrogens is 226 g/mol. The van der Waals surface area contributed by atoms with Crippen LogP contribution in [0.4, 0.5) is 5.82 Å². The maximum Gasteiger partial charge on any atom is 0.126 e. The summed E-state index contributed by atoms with van der Waals surface area (Å²) in [5.41, 5.74) is 1.04. The highest BCUT2D eigenvalue weighted by atomic mass is 16.3. The molecule has 1 rings (SSSR count). The zero-order valence-corrected chi connectivity index (χ0v) is 11.7. The van der Waals surface area contributed by atoms with Gasteiger partial charge in [-0.15, -0.1) is 0 Å². The summed E-state index contributed by atoms with van der Waals surface area (Å²) >= 11 is 0. The third-order valence-corrected chi connectivity index (χ3v) is 2.85. The first-order valence-electron chi connectivity index (χ1n) is 6.72. The van der Waals surface area contributed by atoms with Gasteiger partial charge in [0, 0.05) is 25.7 Å². The fourth-order valence-electron chi connectivity index (χ4n) is 1.78. The molecule has 0 saturated heterocycles. The van der Waals surface area contributed by atoms with E-state index in [1.807, 2.05) is 18.2 Å². The second-order valence-electron chi connectivity index (χ2n) is 4.73. The minimum absolute atomic E-state index is 0.186. The second kappa shape index (κ2) is 8.06. The highest BCUT2D eigenvalue weighted by Crippen LogP contribution is 2.09. The van der Waals surface area contributed by atoms with Crippen molar-refractivity contribution in [3.8, 4) is 0 Å². The summed E-state index contributed by atoms with van der Waals surface area (Å²) < 4.78 is 0. The van der Waals surface area contributed by atoms with Crippen molar-refractivity contribution in [1.82, 2.24) is 9.88 Å². The van der Waals surface area contributed by atoms with E-state index in [1.54, 1.807) is 0 Å². The molecule has 0 aliphatic rings. The van der Waals surface area contributed by atoms with Gasteiger partial charge in [0.2, 0.25) is 0 Å². The van der Waals surface area contributed by atoms with Gasteiger partial charge in [0.15, 0.2) is 0 Å². The molecule has 0 bridgehead atoms. The largest absolute Gasteiger partial charge is 0.395 e. The van der Waals surface area contributed by atoms with E-state index in [4.69, 9.17) is 5.11 Å². The Hall–Kier alpha value is -1.13. The summed E-state index contributed by atoms with van der Waals surface area (Å²) in [7, 11) is 0. The van der Waals surface area contributed by atoms with E-state index in [-0.39, 0.29) is 6.61 Å². The van der Waals surface area contributed by atoms with Gasteiger partial charge in [-0.2, -0.15) is 0 Å². The summed E-state index contributed by atoms with van der Waals surface area (Å²) in [6.07, 6.45) is 1.09. The van der Waals surface area contributed by atoms with E-state index in [9.17, 15) is 0 Å². The van der Waals surface area contributed by atoms with Crippen molar-refractivity contribution < 1.29 is 5.11 Å². The van der Waals surface area contributed by atoms with Crippen LogP contribution in [0.3, 0.4) is 0 Å². The first-order valence-corrected chi connectivity index (χ1v) is 6.72. The Kier molecular flexibility index (Phi) is 6.68. The molecule has 102 valence electrons. The topological polar surface area (TPSA) is 48.4 Å². The molecule has 0 fully saturated rings. The fraction of sp³-hybridized carbons (Fsp3) is 0.643. The summed E-state index contributed by atoms with van der Waals surface area (Å²) in [6.45, 7) is 9.00. The standard InChI is InChI=1S/C14H25N3O/c1-4-8-15-14-7-5-6-13(16-14)11-17(9-10-18)12(2)3/h5-7,12,18H,4,8-11H2,1-3H3,(H,15,16). The van der Waals surface area contributed by atoms with E-state index in [1.165, 1.54) is 0 Å². The van der Waals surface area contributed by atoms with Crippen molar-refractivity contribution in [2.75, 3.05) is 25.0 Å². The predicted octanol–water partition coefficient (Wildman–Crippen LogP) is 2.11. The maximum atomic E-state index is 9.06. The van der Waals surface area contributed by atoms with Gasteiger partial charge in [-0.25, -0.2) is 4.98 Å². The minimum atomic E-state index is 0.186. The van der Waals surface area contributed by atoms with Crippen LogP contribution >= 0.6 is 0 Å². The molecule has 0 aliphatic carbocycles. The van der Waals surface area contributed by atoms with Crippen LogP contribution in [-0.4, -0.2) is 40.7 Å². The van der Waals surface area contributed by atoms with E-state index < -0.39 is 0 Å². The van der Waals surface area contributed by atoms with Crippen molar-refractivity contribution >= 4 is 5.82 Å². The molecule has 0 aliphatic heterocycles. The van der Waals surface area contributed by atoms with Crippen molar-refractivity contribution in [2.24, 2.45) is 0 Å². The third kappa shape index (κ3) is 5.02. The van der Waals surface area contributed by atoms with Gasteiger partial charge >= 0.3 is 0 Å². The molecule has 2 N–H and O–H groups in total. The number of aromatic nitrogens is 1. The smallest absolute Gasteiger partial charge is 0.126 e. The van der Waals surface area contributed by atoms with Gasteiger partial charge in [0.25, 0.3) is 0 Å². The Morgan fingerprint density at radius 3 is 2.78 bits per heavy atom. The molecule has 1 aromatic rings. The molecule has 1 aromatic heterocycles. The molecule has 0 spiro atoms. The third-order valence-electron chi connectivity index (χ3n) is 2.85. The maximum absolute atomic E-state index is 9.06. The van der Waals surface area contributed by atoms with Gasteiger partial charge < -0.3 is 10.4 Å². The van der Waals surface area contributed by atoms with Crippen LogP contribution in [0.1, 0.15) is 32.9 Å². The fourth-order valence-corrected chi connectivity index (χ4v) is 1.78. The molecule has 18 heavy (non-hydrogen) atoms. The SMILES string of the molecule is CCCNc1cccc(CN(CCO)C(C)C)n1. The number of nitrogens with zero attached hydrogens (tertiary/aromatic N) is 2. The molecule has 0 atom stereocenters. The summed E-state index contributed by atoms with van der Waals surface area (Å²) in [6, 6.07) is 6.46. The van der Waals surface area contributed by atoms with E-state index in [0.29, 0.717) is 12.6 Å². The lowest BCUT2D eigenvalue weighted by Crippen LogP contribution is -2.33. The van der Waals surface area contributed by atoms with Gasteiger partial charge in [-0.1, -0.05) is 13.0 Å². The normalized spacial score (nSPS) is 11.2. The Bertz CT molecular complexity index is 342. The molecule has 0 unspecified atom stereocenters. The van der Waals surface area contributed by atoms with Gasteiger partial charge in [-0.05, 0) is 32.4 Å². The lowest BCUT2D eigenvalue weighted by Gasteiger charge is -2.25. The number of rotatable bonds is 8. The lowest BCUT2D eigenvalue weighted by atomic mass is 10.2. The number of pyridine rings is 1. The Balaban J connectivity index is 2.64. The molecule has 0 amide bonds. The Labute approximate surface area is 110 Å². The molecular formula is C14H25N3O. The molecule has 0 saturated carbocycles. The quantitative estimate of drug-likeness (QED) is 0.743. The van der Waals surface area contributed by atoms with Crippen LogP contribution in [0.15, 0.2) is 18.2 Å². The average Bonchev–Trinajstić information content (AvgIpc) is 2.36. The first kappa shape index (κ1) is 14.9. The zero-order chi connectivity index (χ0) is 13.4. The average molecular weight is 251 g/mol. The number of anilines is 1. The van der Waals surface area contributed by atoms with Crippen LogP contribution in [0.25, 0.3) is 0 Å². The molecule has 4 heteroatoms. The van der Waals surface area contributed by atoms with Crippen molar-refractivity contribution in [3.63, 3.8) is 0 Å². The highest BCUT2D eigenvalue weighted by molar-refractivity contribution is 5.35. The van der Waals surface area contributed by atoms with Gasteiger partial charge in [0.1, 0.15) is 5.82 Å². The van der Waals surface area contributed by atoms with Crippen molar-refractivity contribution in [1.29, 1.82) is 0 Å². The number of hydrogen-bond donors (Lipinski definition) is 2. The number of hydrogen-bond acceptors (Lipinski definition) is 4. The second-order valence-corrected chi connectivity index (χ2v) is 4.73. The molecule has 0 radical (unpaired) electrons. The molecule has 4 nitrogen and oxygen atoms in total. The monoisotopic (exact) mass is 251 g/mol. The number of nitrogens with one attached hydrogen (secondary N) is 1. The van der Waals surface area contributed by atoms with E-state index in [2.05, 4.69) is 36.0 Å². The van der Waals surface area contributed by atoms with Crippen LogP contribution in [0.2, 0.25) is 0 Å². The Morgan fingerprint density at radius 1 is 1.39 bits per heavy atom. The van der Waals surface area contributed by atoms with Crippen LogP contribution < -0.4 is 5.32 Å². The zero-order valence-electron chi connectivity index (χ0n) is 11.7. The van der Waals surface area contributed by atoms with Crippen LogP contribution in [0.5, 0.6) is 0 Å². The van der Waals surface area contributed by atoms with Crippen molar-refractivity contribution in [2.45, 2.75) is 39.8 Å². The molecule has 0 aromatic carbocycles. The summed E-state index contributed by atoms with van der Waals surface area (Å²) in [4.78, 5) is 6.79. The lowest BCUT2D eigenvalue weighted by molar-refractivity contribution is 0.158. The summed E-state index contributed by atoms with van der Waals surface area (Å²) in [5, 5.41) is 12.4. The predicted molar refractivity (Wildman–Crippen MR) is 75.6 cm³/mol. The van der Waals surface area contributed by atoms with Gasteiger partial charge in [0.05, 0.1) is 12.3 Å². The van der Waals surface area contributed by atoms with Crippen LogP contribution in [-0.2, 0) is 6.54 Å². The number of aliphatic hydroxyl groups is 1. The highest BCUT2D eigenvalue weighted by Gasteiger charge is 2.10. The minimum Gasteiger partial charge on any atom is -0.395 e. The van der Waals surface area contributed by atoms with Crippen LogP contribution in [0, 0.1) is 0 Å². The van der Waals surface area contributed by atoms with Crippen molar-refractivity contribution in [3.05, 3.63) is 23.9 Å². The van der Waals surface area contributed by atoms with E-state index in [0.717, 1.165) is 31.0 Å². The first-order chi connectivity index (χ1) is 8.67. The van der Waals surface area contributed by atoms with E-state index >= 15 is 0 Å².